The number of nitrogens with zero attached hydrogens (tertiary/aromatic N) is 4. The van der Waals surface area contributed by atoms with E-state index >= 15 is 0 Å². The molecule has 1 atom stereocenters. The number of benzene rings is 1. The highest BCUT2D eigenvalue weighted by Crippen LogP contribution is 2.34. The highest BCUT2D eigenvalue weighted by atomic mass is 19.1. The van der Waals surface area contributed by atoms with Gasteiger partial charge in [-0.3, -0.25) is 14.3 Å². The van der Waals surface area contributed by atoms with E-state index in [0.29, 0.717) is 47.4 Å². The minimum atomic E-state index is -1.21. The summed E-state index contributed by atoms with van der Waals surface area (Å²) in [5, 5.41) is 12.1. The fraction of sp³-hybridized carbons (Fsp3) is 0.276. The molecule has 0 radical (unpaired) electrons. The van der Waals surface area contributed by atoms with Crippen LogP contribution in [0.15, 0.2) is 47.5 Å². The zero-order valence-corrected chi connectivity index (χ0v) is 22.4. The largest absolute Gasteiger partial charge is 0.478 e. The van der Waals surface area contributed by atoms with Crippen LogP contribution < -0.4 is 10.9 Å². The van der Waals surface area contributed by atoms with E-state index in [9.17, 15) is 27.9 Å². The number of carboxylic acids is 1. The van der Waals surface area contributed by atoms with Gasteiger partial charge in [0, 0.05) is 56.1 Å². The van der Waals surface area contributed by atoms with Gasteiger partial charge in [-0.2, -0.15) is 4.39 Å². The van der Waals surface area contributed by atoms with Crippen LogP contribution in [0, 0.1) is 24.4 Å². The number of aryl methyl sites for hydroxylation is 2. The molecule has 0 fully saturated rings. The molecule has 208 valence electrons. The van der Waals surface area contributed by atoms with Crippen molar-refractivity contribution in [3.8, 4) is 5.69 Å². The van der Waals surface area contributed by atoms with Crippen LogP contribution in [0.4, 0.5) is 18.9 Å². The van der Waals surface area contributed by atoms with Crippen LogP contribution in [0.3, 0.4) is 0 Å². The van der Waals surface area contributed by atoms with E-state index in [0.717, 1.165) is 28.1 Å². The first-order valence-corrected chi connectivity index (χ1v) is 12.7. The number of hydrogen-bond donors (Lipinski definition) is 2. The second-order valence-electron chi connectivity index (χ2n) is 9.89. The molecular formula is C29H28F3N5O3. The number of rotatable bonds is 6. The maximum absolute atomic E-state index is 14.8. The predicted octanol–water partition coefficient (Wildman–Crippen LogP) is 5.04. The molecule has 0 saturated carbocycles. The third-order valence-electron chi connectivity index (χ3n) is 7.63. The number of hydrogen-bond acceptors (Lipinski definition) is 5. The van der Waals surface area contributed by atoms with Crippen molar-refractivity contribution < 1.29 is 23.1 Å². The summed E-state index contributed by atoms with van der Waals surface area (Å²) in [6, 6.07) is 5.83. The smallest absolute Gasteiger partial charge is 0.335 e. The number of aromatic carboxylic acids is 1. The highest BCUT2D eigenvalue weighted by Gasteiger charge is 2.26. The third kappa shape index (κ3) is 4.45. The van der Waals surface area contributed by atoms with E-state index in [1.807, 2.05) is 30.7 Å². The number of carboxylic acid groups (broad SMARTS) is 1. The molecule has 0 amide bonds. The molecular weight excluding hydrogens is 523 g/mol. The summed E-state index contributed by atoms with van der Waals surface area (Å²) in [5.74, 6) is -3.83. The van der Waals surface area contributed by atoms with Gasteiger partial charge < -0.3 is 15.0 Å². The van der Waals surface area contributed by atoms with Crippen LogP contribution in [0.25, 0.3) is 22.3 Å². The minimum absolute atomic E-state index is 0.0834. The summed E-state index contributed by atoms with van der Waals surface area (Å²) < 4.78 is 46.8. The molecule has 0 bridgehead atoms. The van der Waals surface area contributed by atoms with E-state index in [2.05, 4.69) is 15.2 Å². The second-order valence-corrected chi connectivity index (χ2v) is 9.89. The van der Waals surface area contributed by atoms with Crippen molar-refractivity contribution in [2.24, 2.45) is 7.05 Å². The number of anilines is 1. The Balaban J connectivity index is 1.48. The summed E-state index contributed by atoms with van der Waals surface area (Å²) in [7, 11) is 3.18. The van der Waals surface area contributed by atoms with Crippen molar-refractivity contribution in [1.82, 2.24) is 19.0 Å². The number of pyridine rings is 2. The van der Waals surface area contributed by atoms with Gasteiger partial charge in [0.1, 0.15) is 17.2 Å². The number of fused-ring (bicyclic) bond motifs is 1. The van der Waals surface area contributed by atoms with Gasteiger partial charge in [-0.1, -0.05) is 6.08 Å². The van der Waals surface area contributed by atoms with Gasteiger partial charge in [0.25, 0.3) is 5.56 Å². The molecule has 5 rings (SSSR count). The van der Waals surface area contributed by atoms with Crippen molar-refractivity contribution >= 4 is 28.3 Å². The van der Waals surface area contributed by atoms with E-state index in [1.165, 1.54) is 19.3 Å². The summed E-state index contributed by atoms with van der Waals surface area (Å²) in [5.41, 5.74) is 2.01. The third-order valence-corrected chi connectivity index (χ3v) is 7.63. The molecule has 1 aliphatic heterocycles. The molecule has 40 heavy (non-hydrogen) atoms. The van der Waals surface area contributed by atoms with E-state index in [1.54, 1.807) is 13.0 Å². The predicted molar refractivity (Wildman–Crippen MR) is 146 cm³/mol. The topological polar surface area (TPSA) is 92.4 Å². The SMILES string of the molecule is CNc1c(F)cn(-c2ccnc3c2cc([C@H](C)N2CC=C(c4c(C)cc(C(=O)O)cc4F)CC2)n3C)c(=O)c1F. The first-order valence-electron chi connectivity index (χ1n) is 12.7. The fourth-order valence-corrected chi connectivity index (χ4v) is 5.52. The zero-order chi connectivity index (χ0) is 28.9. The van der Waals surface area contributed by atoms with Crippen molar-refractivity contribution in [2.45, 2.75) is 26.3 Å². The van der Waals surface area contributed by atoms with Gasteiger partial charge in [0.05, 0.1) is 17.4 Å². The first-order chi connectivity index (χ1) is 19.0. The Kier molecular flexibility index (Phi) is 7.01. The van der Waals surface area contributed by atoms with Crippen molar-refractivity contribution in [1.29, 1.82) is 0 Å². The molecule has 1 aromatic carbocycles. The molecule has 0 saturated heterocycles. The van der Waals surface area contributed by atoms with Crippen LogP contribution >= 0.6 is 0 Å². The Hall–Kier alpha value is -4.38. The first kappa shape index (κ1) is 27.2. The molecule has 0 unspecified atom stereocenters. The lowest BCUT2D eigenvalue weighted by Crippen LogP contribution is -2.32. The molecule has 0 aliphatic carbocycles. The highest BCUT2D eigenvalue weighted by molar-refractivity contribution is 5.89. The van der Waals surface area contributed by atoms with Gasteiger partial charge >= 0.3 is 5.97 Å². The summed E-state index contributed by atoms with van der Waals surface area (Å²) in [6.45, 7) is 4.87. The van der Waals surface area contributed by atoms with Gasteiger partial charge in [0.2, 0.25) is 5.82 Å². The van der Waals surface area contributed by atoms with E-state index in [-0.39, 0.29) is 11.6 Å². The quantitative estimate of drug-likeness (QED) is 0.349. The second kappa shape index (κ2) is 10.3. The Morgan fingerprint density at radius 2 is 1.93 bits per heavy atom. The van der Waals surface area contributed by atoms with E-state index in [4.69, 9.17) is 0 Å². The Morgan fingerprint density at radius 3 is 2.55 bits per heavy atom. The lowest BCUT2D eigenvalue weighted by molar-refractivity contribution is 0.0696. The van der Waals surface area contributed by atoms with Crippen LogP contribution in [0.5, 0.6) is 0 Å². The molecule has 4 aromatic rings. The lowest BCUT2D eigenvalue weighted by Gasteiger charge is -2.32. The Bertz CT molecular complexity index is 1740. The Morgan fingerprint density at radius 1 is 1.18 bits per heavy atom. The van der Waals surface area contributed by atoms with Crippen molar-refractivity contribution in [3.63, 3.8) is 0 Å². The summed E-state index contributed by atoms with van der Waals surface area (Å²) in [6.07, 6.45) is 4.96. The van der Waals surface area contributed by atoms with Crippen molar-refractivity contribution in [3.05, 3.63) is 92.9 Å². The average molecular weight is 552 g/mol. The fourth-order valence-electron chi connectivity index (χ4n) is 5.52. The number of carbonyl (C=O) groups is 1. The molecule has 8 nitrogen and oxygen atoms in total. The monoisotopic (exact) mass is 551 g/mol. The summed E-state index contributed by atoms with van der Waals surface area (Å²) >= 11 is 0. The number of halogens is 3. The normalized spacial score (nSPS) is 14.8. The maximum Gasteiger partial charge on any atom is 0.335 e. The molecule has 2 N–H and O–H groups in total. The van der Waals surface area contributed by atoms with Crippen LogP contribution in [0.1, 0.15) is 46.6 Å². The lowest BCUT2D eigenvalue weighted by atomic mass is 9.93. The average Bonchev–Trinajstić information content (AvgIpc) is 3.27. The molecule has 3 aromatic heterocycles. The number of aromatic nitrogens is 3. The molecule has 1 aliphatic rings. The Labute approximate surface area is 228 Å². The summed E-state index contributed by atoms with van der Waals surface area (Å²) in [4.78, 5) is 30.7. The van der Waals surface area contributed by atoms with Gasteiger partial charge in [-0.05, 0) is 55.7 Å². The minimum Gasteiger partial charge on any atom is -0.478 e. The molecule has 11 heteroatoms. The van der Waals surface area contributed by atoms with Gasteiger partial charge in [-0.25, -0.2) is 18.6 Å². The van der Waals surface area contributed by atoms with Gasteiger partial charge in [-0.15, -0.1) is 0 Å². The van der Waals surface area contributed by atoms with Gasteiger partial charge in [0.15, 0.2) is 5.82 Å². The van der Waals surface area contributed by atoms with Crippen molar-refractivity contribution in [2.75, 3.05) is 25.5 Å². The van der Waals surface area contributed by atoms with Crippen LogP contribution in [-0.2, 0) is 7.05 Å². The zero-order valence-electron chi connectivity index (χ0n) is 22.4. The molecule has 0 spiro atoms. The standard InChI is InChI=1S/C29H28F3N5O3/c1-15-11-18(29(39)40)12-20(30)24(15)17-6-9-36(10-7-17)16(2)23-13-19-22(5-8-34-27(19)35(23)4)37-14-21(31)26(33-3)25(32)28(37)38/h5-6,8,11-14,16,33H,7,9-10H2,1-4H3,(H,39,40)/t16-/m0/s1. The maximum atomic E-state index is 14.8. The molecule has 4 heterocycles. The van der Waals surface area contributed by atoms with Crippen LogP contribution in [-0.4, -0.2) is 50.2 Å². The van der Waals surface area contributed by atoms with E-state index < -0.39 is 34.7 Å². The number of nitrogens with one attached hydrogen (secondary N) is 1. The van der Waals surface area contributed by atoms with Crippen LogP contribution in [0.2, 0.25) is 0 Å².